The van der Waals surface area contributed by atoms with E-state index < -0.39 is 0 Å². The number of hydrogen-bond donors (Lipinski definition) is 2. The van der Waals surface area contributed by atoms with Gasteiger partial charge in [0.25, 0.3) is 0 Å². The first-order valence-corrected chi connectivity index (χ1v) is 10.5. The minimum absolute atomic E-state index is 0.199. The van der Waals surface area contributed by atoms with Crippen LogP contribution in [0.4, 0.5) is 0 Å². The molecule has 0 aliphatic carbocycles. The van der Waals surface area contributed by atoms with Crippen LogP contribution in [0.2, 0.25) is 0 Å². The van der Waals surface area contributed by atoms with Crippen molar-refractivity contribution in [2.24, 2.45) is 0 Å². The molecule has 1 fully saturated rings. The van der Waals surface area contributed by atoms with Gasteiger partial charge in [-0.25, -0.2) is 0 Å². The number of benzene rings is 2. The molecule has 0 aromatic heterocycles. The molecule has 1 unspecified atom stereocenters. The van der Waals surface area contributed by atoms with Crippen LogP contribution in [0, 0.1) is 0 Å². The molecule has 7 nitrogen and oxygen atoms in total. The summed E-state index contributed by atoms with van der Waals surface area (Å²) in [6.45, 7) is 4.90. The van der Waals surface area contributed by atoms with Crippen molar-refractivity contribution in [2.75, 3.05) is 46.8 Å². The van der Waals surface area contributed by atoms with E-state index in [9.17, 15) is 0 Å². The average Bonchev–Trinajstić information content (AvgIpc) is 3.27. The highest BCUT2D eigenvalue weighted by molar-refractivity contribution is 7.80. The van der Waals surface area contributed by atoms with Gasteiger partial charge in [0.15, 0.2) is 16.6 Å². The van der Waals surface area contributed by atoms with Crippen LogP contribution in [-0.2, 0) is 11.3 Å². The Morgan fingerprint density at radius 2 is 1.83 bits per heavy atom. The molecular weight excluding hydrogens is 402 g/mol. The lowest BCUT2D eigenvalue weighted by Gasteiger charge is -2.35. The van der Waals surface area contributed by atoms with Crippen LogP contribution in [0.5, 0.6) is 17.2 Å². The van der Waals surface area contributed by atoms with Gasteiger partial charge in [-0.05, 0) is 47.6 Å². The fourth-order valence-corrected chi connectivity index (χ4v) is 3.81. The Morgan fingerprint density at radius 3 is 2.60 bits per heavy atom. The molecule has 0 bridgehead atoms. The number of fused-ring (bicyclic) bond motifs is 1. The summed E-state index contributed by atoms with van der Waals surface area (Å²) in [5.41, 5.74) is 2.31. The van der Waals surface area contributed by atoms with Crippen LogP contribution in [0.15, 0.2) is 42.5 Å². The smallest absolute Gasteiger partial charge is 0.231 e. The highest BCUT2D eigenvalue weighted by Crippen LogP contribution is 2.32. The zero-order valence-electron chi connectivity index (χ0n) is 17.1. The van der Waals surface area contributed by atoms with E-state index in [1.165, 1.54) is 5.56 Å². The van der Waals surface area contributed by atoms with Crippen LogP contribution >= 0.6 is 12.2 Å². The summed E-state index contributed by atoms with van der Waals surface area (Å²) in [6.07, 6.45) is 0. The van der Waals surface area contributed by atoms with Crippen LogP contribution in [-0.4, -0.2) is 56.8 Å². The molecule has 30 heavy (non-hydrogen) atoms. The first kappa shape index (κ1) is 20.7. The monoisotopic (exact) mass is 429 g/mol. The summed E-state index contributed by atoms with van der Waals surface area (Å²) in [6, 6.07) is 14.3. The number of thiocarbonyl (C=S) groups is 1. The summed E-state index contributed by atoms with van der Waals surface area (Å²) in [5, 5.41) is 7.28. The Morgan fingerprint density at radius 1 is 1.07 bits per heavy atom. The van der Waals surface area contributed by atoms with E-state index in [2.05, 4.69) is 27.7 Å². The Hall–Kier alpha value is -2.55. The molecule has 160 valence electrons. The number of rotatable bonds is 7. The summed E-state index contributed by atoms with van der Waals surface area (Å²) in [5.74, 6) is 2.42. The molecule has 1 saturated heterocycles. The van der Waals surface area contributed by atoms with Gasteiger partial charge >= 0.3 is 0 Å². The number of methoxy groups -OCH3 is 1. The van der Waals surface area contributed by atoms with Gasteiger partial charge in [-0.1, -0.05) is 18.2 Å². The normalized spacial score (nSPS) is 16.7. The molecule has 1 atom stereocenters. The third-order valence-electron chi connectivity index (χ3n) is 5.33. The number of ether oxygens (including phenoxy) is 4. The summed E-state index contributed by atoms with van der Waals surface area (Å²) in [4.78, 5) is 2.43. The highest BCUT2D eigenvalue weighted by Gasteiger charge is 2.23. The number of morpholine rings is 1. The van der Waals surface area contributed by atoms with Gasteiger partial charge in [-0.15, -0.1) is 0 Å². The van der Waals surface area contributed by atoms with Crippen molar-refractivity contribution in [2.45, 2.75) is 12.6 Å². The number of nitrogens with zero attached hydrogens (tertiary/aromatic N) is 1. The quantitative estimate of drug-likeness (QED) is 0.651. The maximum atomic E-state index is 5.53. The second-order valence-electron chi connectivity index (χ2n) is 7.19. The molecule has 2 aliphatic rings. The lowest BCUT2D eigenvalue weighted by Crippen LogP contribution is -2.45. The largest absolute Gasteiger partial charge is 0.497 e. The van der Waals surface area contributed by atoms with Gasteiger partial charge in [-0.3, -0.25) is 4.90 Å². The van der Waals surface area contributed by atoms with Gasteiger partial charge in [0.05, 0.1) is 26.4 Å². The van der Waals surface area contributed by atoms with Gasteiger partial charge in [0, 0.05) is 26.2 Å². The Balaban J connectivity index is 1.34. The predicted octanol–water partition coefficient (Wildman–Crippen LogP) is 2.46. The Kier molecular flexibility index (Phi) is 6.88. The first-order valence-electron chi connectivity index (χ1n) is 10.1. The first-order chi connectivity index (χ1) is 14.7. The van der Waals surface area contributed by atoms with E-state index in [-0.39, 0.29) is 12.8 Å². The Labute approximate surface area is 182 Å². The van der Waals surface area contributed by atoms with Crippen LogP contribution < -0.4 is 24.8 Å². The van der Waals surface area contributed by atoms with Crippen molar-refractivity contribution in [3.05, 3.63) is 53.6 Å². The Bertz CT molecular complexity index is 856. The molecule has 0 amide bonds. The van der Waals surface area contributed by atoms with Crippen molar-refractivity contribution < 1.29 is 18.9 Å². The summed E-state index contributed by atoms with van der Waals surface area (Å²) in [7, 11) is 1.68. The molecule has 0 radical (unpaired) electrons. The van der Waals surface area contributed by atoms with E-state index in [4.69, 9.17) is 31.2 Å². The fourth-order valence-electron chi connectivity index (χ4n) is 3.66. The number of hydrogen-bond acceptors (Lipinski definition) is 6. The molecular formula is C22H27N3O4S. The highest BCUT2D eigenvalue weighted by atomic mass is 32.1. The van der Waals surface area contributed by atoms with E-state index in [0.29, 0.717) is 18.2 Å². The van der Waals surface area contributed by atoms with E-state index in [1.807, 2.05) is 30.3 Å². The minimum atomic E-state index is 0.199. The van der Waals surface area contributed by atoms with Crippen molar-refractivity contribution in [1.82, 2.24) is 15.5 Å². The van der Waals surface area contributed by atoms with Crippen LogP contribution in [0.1, 0.15) is 17.2 Å². The van der Waals surface area contributed by atoms with E-state index in [1.54, 1.807) is 7.11 Å². The van der Waals surface area contributed by atoms with Crippen molar-refractivity contribution in [3.63, 3.8) is 0 Å². The van der Waals surface area contributed by atoms with Gasteiger partial charge in [-0.2, -0.15) is 0 Å². The molecule has 8 heteroatoms. The van der Waals surface area contributed by atoms with E-state index in [0.717, 1.165) is 49.1 Å². The van der Waals surface area contributed by atoms with Gasteiger partial charge in [0.1, 0.15) is 5.75 Å². The van der Waals surface area contributed by atoms with Crippen molar-refractivity contribution in [3.8, 4) is 17.2 Å². The maximum absolute atomic E-state index is 5.53. The summed E-state index contributed by atoms with van der Waals surface area (Å²) < 4.78 is 21.6. The van der Waals surface area contributed by atoms with Crippen LogP contribution in [0.3, 0.4) is 0 Å². The predicted molar refractivity (Wildman–Crippen MR) is 118 cm³/mol. The fraction of sp³-hybridized carbons (Fsp3) is 0.409. The van der Waals surface area contributed by atoms with Crippen LogP contribution in [0.25, 0.3) is 0 Å². The van der Waals surface area contributed by atoms with Gasteiger partial charge in [0.2, 0.25) is 6.79 Å². The molecule has 2 N–H and O–H groups in total. The molecule has 2 aliphatic heterocycles. The third kappa shape index (κ3) is 5.13. The second kappa shape index (κ2) is 9.97. The molecule has 0 saturated carbocycles. The van der Waals surface area contributed by atoms with E-state index >= 15 is 0 Å². The second-order valence-corrected chi connectivity index (χ2v) is 7.60. The molecule has 2 aromatic carbocycles. The lowest BCUT2D eigenvalue weighted by molar-refractivity contribution is 0.0170. The summed E-state index contributed by atoms with van der Waals surface area (Å²) >= 11 is 5.52. The third-order valence-corrected chi connectivity index (χ3v) is 5.62. The molecule has 0 spiro atoms. The number of nitrogens with one attached hydrogen (secondary N) is 2. The zero-order chi connectivity index (χ0) is 20.8. The molecule has 2 heterocycles. The maximum Gasteiger partial charge on any atom is 0.231 e. The standard InChI is InChI=1S/C22H27N3O4S/c1-26-18-5-3-17(4-6-18)19(25-8-10-27-11-9-25)14-24-22(30)23-13-16-2-7-20-21(12-16)29-15-28-20/h2-7,12,19H,8-11,13-15H2,1H3,(H2,23,24,30). The SMILES string of the molecule is COc1ccc(C(CNC(=S)NCc2ccc3c(c2)OCO3)N2CCOCC2)cc1. The zero-order valence-corrected chi connectivity index (χ0v) is 17.9. The molecule has 2 aromatic rings. The lowest BCUT2D eigenvalue weighted by atomic mass is 10.0. The van der Waals surface area contributed by atoms with Crippen molar-refractivity contribution in [1.29, 1.82) is 0 Å². The van der Waals surface area contributed by atoms with Crippen molar-refractivity contribution >= 4 is 17.3 Å². The van der Waals surface area contributed by atoms with Gasteiger partial charge < -0.3 is 29.6 Å². The molecule has 4 rings (SSSR count). The average molecular weight is 430 g/mol. The topological polar surface area (TPSA) is 64.2 Å². The minimum Gasteiger partial charge on any atom is -0.497 e.